The molecule has 2 aromatic carbocycles. The molecule has 3 amide bonds. The molecule has 1 unspecified atom stereocenters. The molecule has 184 valence electrons. The lowest BCUT2D eigenvalue weighted by Crippen LogP contribution is -2.32. The highest BCUT2D eigenvalue weighted by atomic mass is 16.4. The van der Waals surface area contributed by atoms with Crippen LogP contribution in [0.1, 0.15) is 11.1 Å². The Balaban J connectivity index is 0.000000418. The van der Waals surface area contributed by atoms with E-state index < -0.39 is 18.0 Å². The molecule has 8 N–H and O–H groups in total. The lowest BCUT2D eigenvalue weighted by molar-refractivity contribution is -0.134. The van der Waals surface area contributed by atoms with Gasteiger partial charge in [0, 0.05) is 35.7 Å². The number of amides is 3. The zero-order chi connectivity index (χ0) is 24.7. The molecule has 35 heavy (non-hydrogen) atoms. The third-order valence-electron chi connectivity index (χ3n) is 5.09. The normalized spacial score (nSPS) is 14.9. The fourth-order valence-electron chi connectivity index (χ4n) is 3.57. The molecule has 0 saturated carbocycles. The van der Waals surface area contributed by atoms with Crippen LogP contribution in [-0.2, 0) is 27.2 Å². The molecule has 0 bridgehead atoms. The van der Waals surface area contributed by atoms with Crippen LogP contribution in [0.4, 0.5) is 10.5 Å². The molecule has 11 heteroatoms. The van der Waals surface area contributed by atoms with Crippen molar-refractivity contribution in [2.24, 2.45) is 5.73 Å². The fraction of sp³-hybridized carbons (Fsp3) is 0.167. The van der Waals surface area contributed by atoms with Gasteiger partial charge in [-0.05, 0) is 42.3 Å². The van der Waals surface area contributed by atoms with Crippen LogP contribution in [0.2, 0.25) is 0 Å². The van der Waals surface area contributed by atoms with Gasteiger partial charge in [0.1, 0.15) is 6.04 Å². The van der Waals surface area contributed by atoms with Crippen molar-refractivity contribution in [3.63, 3.8) is 0 Å². The summed E-state index contributed by atoms with van der Waals surface area (Å²) >= 11 is 0. The second-order valence-electron chi connectivity index (χ2n) is 7.46. The van der Waals surface area contributed by atoms with Crippen LogP contribution in [0.3, 0.4) is 0 Å². The van der Waals surface area contributed by atoms with Crippen molar-refractivity contribution < 1.29 is 34.9 Å². The monoisotopic (exact) mass is 482 g/mol. The van der Waals surface area contributed by atoms with Crippen LogP contribution < -0.4 is 16.0 Å². The lowest BCUT2D eigenvalue weighted by Gasteiger charge is -2.13. The van der Waals surface area contributed by atoms with Crippen LogP contribution in [0, 0.1) is 0 Å². The minimum absolute atomic E-state index is 0. The molecule has 4 rings (SSSR count). The Morgan fingerprint density at radius 1 is 1.03 bits per heavy atom. The van der Waals surface area contributed by atoms with Gasteiger partial charge in [-0.25, -0.2) is 19.3 Å². The summed E-state index contributed by atoms with van der Waals surface area (Å²) in [5.74, 6) is -2.74. The van der Waals surface area contributed by atoms with E-state index in [1.165, 1.54) is 4.90 Å². The number of urea groups is 1. The van der Waals surface area contributed by atoms with E-state index in [2.05, 4.69) is 10.3 Å². The summed E-state index contributed by atoms with van der Waals surface area (Å²) in [4.78, 5) is 48.8. The number of carbonyl (C=O) groups excluding carboxylic acids is 2. The van der Waals surface area contributed by atoms with Gasteiger partial charge in [0.25, 0.3) is 5.91 Å². The van der Waals surface area contributed by atoms with Gasteiger partial charge in [0.05, 0.1) is 5.69 Å². The molecular weight excluding hydrogens is 456 g/mol. The minimum Gasteiger partial charge on any atom is -0.478 e. The Labute approximate surface area is 200 Å². The Hall–Kier alpha value is -4.48. The maximum Gasteiger partial charge on any atom is 0.329 e. The highest BCUT2D eigenvalue weighted by Gasteiger charge is 2.39. The van der Waals surface area contributed by atoms with Gasteiger partial charge in [-0.2, -0.15) is 0 Å². The number of nitrogens with two attached hydrogens (primary N) is 1. The molecular formula is C24H26N4O7. The first-order valence-corrected chi connectivity index (χ1v) is 10.4. The largest absolute Gasteiger partial charge is 0.478 e. The number of hydrogen-bond donors (Lipinski definition) is 5. The van der Waals surface area contributed by atoms with Gasteiger partial charge in [0.2, 0.25) is 0 Å². The summed E-state index contributed by atoms with van der Waals surface area (Å²) in [6, 6.07) is 14.3. The van der Waals surface area contributed by atoms with Crippen molar-refractivity contribution >= 4 is 40.5 Å². The maximum absolute atomic E-state index is 12.8. The molecule has 3 aromatic rings. The fourth-order valence-corrected chi connectivity index (χ4v) is 3.57. The number of H-pyrrole nitrogens is 1. The highest BCUT2D eigenvalue weighted by Crippen LogP contribution is 2.27. The molecule has 0 aliphatic carbocycles. The number of carbonyl (C=O) groups is 4. The number of anilines is 1. The number of aromatic nitrogens is 1. The number of aliphatic carboxylic acids is 2. The summed E-state index contributed by atoms with van der Waals surface area (Å²) in [6.45, 7) is 0.541. The molecule has 1 aliphatic heterocycles. The van der Waals surface area contributed by atoms with Crippen molar-refractivity contribution in [3.05, 3.63) is 78.0 Å². The molecule has 0 radical (unpaired) electrons. The average molecular weight is 482 g/mol. The van der Waals surface area contributed by atoms with E-state index in [1.54, 1.807) is 6.07 Å². The summed E-state index contributed by atoms with van der Waals surface area (Å²) in [6.07, 6.45) is 4.25. The summed E-state index contributed by atoms with van der Waals surface area (Å²) in [7, 11) is 0. The van der Waals surface area contributed by atoms with Gasteiger partial charge in [0.15, 0.2) is 0 Å². The second kappa shape index (κ2) is 12.1. The second-order valence-corrected chi connectivity index (χ2v) is 7.46. The topological polar surface area (TPSA) is 197 Å². The standard InChI is InChI=1S/C20H20N4O2.C4H4O4.H2O/c21-9-8-14-12-22-17-7-6-15(11-16(14)17)24-19(25)18(23-20(24)26)10-13-4-2-1-3-5-13;5-3(6)1-2-4(7)8;/h1-7,11-12,18,22H,8-10,21H2,(H,23,26);1-2H,(H,5,6)(H,7,8);1H2. The van der Waals surface area contributed by atoms with E-state index in [4.69, 9.17) is 15.9 Å². The van der Waals surface area contributed by atoms with Gasteiger partial charge < -0.3 is 31.7 Å². The number of fused-ring (bicyclic) bond motifs is 1. The summed E-state index contributed by atoms with van der Waals surface area (Å²) in [5.41, 5.74) is 9.30. The summed E-state index contributed by atoms with van der Waals surface area (Å²) < 4.78 is 0. The number of carboxylic acids is 2. The predicted octanol–water partition coefficient (Wildman–Crippen LogP) is 1.22. The van der Waals surface area contributed by atoms with Crippen LogP contribution in [0.15, 0.2) is 66.9 Å². The molecule has 1 aliphatic rings. The summed E-state index contributed by atoms with van der Waals surface area (Å²) in [5, 5.41) is 19.4. The maximum atomic E-state index is 12.8. The van der Waals surface area contributed by atoms with E-state index >= 15 is 0 Å². The van der Waals surface area contributed by atoms with Crippen molar-refractivity contribution in [2.75, 3.05) is 11.4 Å². The van der Waals surface area contributed by atoms with E-state index in [1.807, 2.05) is 48.7 Å². The molecule has 1 aromatic heterocycles. The molecule has 0 spiro atoms. The van der Waals surface area contributed by atoms with Crippen LogP contribution in [0.25, 0.3) is 10.9 Å². The van der Waals surface area contributed by atoms with Crippen molar-refractivity contribution in [1.29, 1.82) is 0 Å². The minimum atomic E-state index is -1.26. The molecule has 1 fully saturated rings. The lowest BCUT2D eigenvalue weighted by atomic mass is 10.1. The van der Waals surface area contributed by atoms with Gasteiger partial charge in [-0.15, -0.1) is 0 Å². The smallest absolute Gasteiger partial charge is 0.329 e. The van der Waals surface area contributed by atoms with E-state index in [9.17, 15) is 19.2 Å². The highest BCUT2D eigenvalue weighted by molar-refractivity contribution is 6.22. The average Bonchev–Trinajstić information content (AvgIpc) is 3.33. The number of imide groups is 1. The van der Waals surface area contributed by atoms with Gasteiger partial charge in [-0.3, -0.25) is 4.79 Å². The SMILES string of the molecule is NCCc1c[nH]c2ccc(N3C(=O)NC(Cc4ccccc4)C3=O)cc12.O.O=C(O)C=CC(=O)O. The van der Waals surface area contributed by atoms with Crippen molar-refractivity contribution in [1.82, 2.24) is 10.3 Å². The van der Waals surface area contributed by atoms with Gasteiger partial charge >= 0.3 is 18.0 Å². The molecule has 2 heterocycles. The number of hydrogen-bond acceptors (Lipinski definition) is 5. The Morgan fingerprint density at radius 2 is 1.69 bits per heavy atom. The number of aromatic amines is 1. The van der Waals surface area contributed by atoms with E-state index in [0.29, 0.717) is 30.8 Å². The third-order valence-corrected chi connectivity index (χ3v) is 5.09. The van der Waals surface area contributed by atoms with Crippen LogP contribution in [-0.4, -0.2) is 57.1 Å². The third kappa shape index (κ3) is 6.76. The Kier molecular flexibility index (Phi) is 9.27. The van der Waals surface area contributed by atoms with E-state index in [0.717, 1.165) is 28.5 Å². The first kappa shape index (κ1) is 26.8. The quantitative estimate of drug-likeness (QED) is 0.246. The molecule has 1 atom stereocenters. The zero-order valence-corrected chi connectivity index (χ0v) is 18.6. The number of nitrogens with zero attached hydrogens (tertiary/aromatic N) is 1. The first-order chi connectivity index (χ1) is 16.3. The number of carboxylic acid groups (broad SMARTS) is 2. The van der Waals surface area contributed by atoms with Gasteiger partial charge in [-0.1, -0.05) is 30.3 Å². The van der Waals surface area contributed by atoms with Crippen molar-refractivity contribution in [2.45, 2.75) is 18.9 Å². The van der Waals surface area contributed by atoms with Crippen LogP contribution >= 0.6 is 0 Å². The Bertz CT molecular complexity index is 1220. The first-order valence-electron chi connectivity index (χ1n) is 10.4. The zero-order valence-electron chi connectivity index (χ0n) is 18.6. The predicted molar refractivity (Wildman–Crippen MR) is 129 cm³/mol. The van der Waals surface area contributed by atoms with Crippen molar-refractivity contribution in [3.8, 4) is 0 Å². The number of benzene rings is 2. The molecule has 11 nitrogen and oxygen atoms in total. The van der Waals surface area contributed by atoms with E-state index in [-0.39, 0.29) is 17.4 Å². The molecule has 1 saturated heterocycles. The Morgan fingerprint density at radius 3 is 2.29 bits per heavy atom. The number of nitrogens with one attached hydrogen (secondary N) is 2. The van der Waals surface area contributed by atoms with Crippen LogP contribution in [0.5, 0.6) is 0 Å². The number of rotatable bonds is 7.